The standard InChI is InChI=1S/C16H26N4O4S/c1-3-4-19-9-13(12(2)17-19)16(22)20-6-5-18(7-8-21)14-10-25(23,24)11-15(14)20/h9,14-15,21H,3-8,10-11H2,1-2H3/t14-,15+/m1/s1. The molecular weight excluding hydrogens is 344 g/mol. The Morgan fingerprint density at radius 2 is 2.00 bits per heavy atom. The fourth-order valence-electron chi connectivity index (χ4n) is 3.91. The minimum Gasteiger partial charge on any atom is -0.395 e. The Hall–Kier alpha value is -1.45. The van der Waals surface area contributed by atoms with Crippen LogP contribution < -0.4 is 0 Å². The van der Waals surface area contributed by atoms with Gasteiger partial charge in [0.1, 0.15) is 0 Å². The molecule has 2 fully saturated rings. The number of amides is 1. The Labute approximate surface area is 148 Å². The van der Waals surface area contributed by atoms with Crippen LogP contribution in [-0.2, 0) is 16.4 Å². The number of rotatable bonds is 5. The minimum atomic E-state index is -3.18. The van der Waals surface area contributed by atoms with Crippen molar-refractivity contribution in [1.82, 2.24) is 19.6 Å². The van der Waals surface area contributed by atoms with Gasteiger partial charge in [-0.3, -0.25) is 14.4 Å². The maximum absolute atomic E-state index is 13.1. The quantitative estimate of drug-likeness (QED) is 0.752. The summed E-state index contributed by atoms with van der Waals surface area (Å²) in [4.78, 5) is 16.8. The first-order chi connectivity index (χ1) is 11.9. The molecule has 25 heavy (non-hydrogen) atoms. The molecule has 9 heteroatoms. The summed E-state index contributed by atoms with van der Waals surface area (Å²) >= 11 is 0. The molecule has 1 aromatic rings. The van der Waals surface area contributed by atoms with E-state index < -0.39 is 9.84 Å². The highest BCUT2D eigenvalue weighted by Gasteiger charge is 2.48. The van der Waals surface area contributed by atoms with Crippen LogP contribution in [0.4, 0.5) is 0 Å². The second-order valence-electron chi connectivity index (χ2n) is 6.86. The number of nitrogens with zero attached hydrogens (tertiary/aromatic N) is 4. The van der Waals surface area contributed by atoms with Crippen molar-refractivity contribution < 1.29 is 18.3 Å². The molecule has 0 aromatic carbocycles. The average Bonchev–Trinajstić information content (AvgIpc) is 3.06. The molecule has 3 rings (SSSR count). The molecule has 0 saturated carbocycles. The van der Waals surface area contributed by atoms with Gasteiger partial charge in [-0.1, -0.05) is 6.92 Å². The lowest BCUT2D eigenvalue weighted by Crippen LogP contribution is -2.61. The first kappa shape index (κ1) is 18.3. The summed E-state index contributed by atoms with van der Waals surface area (Å²) in [7, 11) is -3.18. The van der Waals surface area contributed by atoms with Crippen LogP contribution in [0.25, 0.3) is 0 Å². The molecule has 1 aromatic heterocycles. The monoisotopic (exact) mass is 370 g/mol. The lowest BCUT2D eigenvalue weighted by molar-refractivity contribution is 0.0280. The van der Waals surface area contributed by atoms with E-state index in [9.17, 15) is 18.3 Å². The number of aliphatic hydroxyl groups is 1. The molecule has 1 N–H and O–H groups in total. The summed E-state index contributed by atoms with van der Waals surface area (Å²) < 4.78 is 26.1. The molecule has 2 saturated heterocycles. The van der Waals surface area contributed by atoms with Crippen LogP contribution in [0.1, 0.15) is 29.4 Å². The number of carbonyl (C=O) groups is 1. The molecular formula is C16H26N4O4S. The number of hydrogen-bond acceptors (Lipinski definition) is 6. The Kier molecular flexibility index (Phi) is 5.17. The van der Waals surface area contributed by atoms with E-state index in [4.69, 9.17) is 0 Å². The Balaban J connectivity index is 1.86. The van der Waals surface area contributed by atoms with Crippen LogP contribution in [0.5, 0.6) is 0 Å². The van der Waals surface area contributed by atoms with Crippen LogP contribution in [-0.4, -0.2) is 88.8 Å². The smallest absolute Gasteiger partial charge is 0.257 e. The van der Waals surface area contributed by atoms with Gasteiger partial charge in [0, 0.05) is 38.4 Å². The molecule has 1 amide bonds. The lowest BCUT2D eigenvalue weighted by Gasteiger charge is -2.43. The fourth-order valence-corrected chi connectivity index (χ4v) is 5.92. The molecule has 2 aliphatic rings. The SMILES string of the molecule is CCCn1cc(C(=O)N2CCN(CCO)[C@@H]3CS(=O)(=O)C[C@@H]32)c(C)n1. The van der Waals surface area contributed by atoms with Crippen LogP contribution in [0.3, 0.4) is 0 Å². The van der Waals surface area contributed by atoms with E-state index in [1.807, 2.05) is 18.7 Å². The van der Waals surface area contributed by atoms with Gasteiger partial charge >= 0.3 is 0 Å². The zero-order valence-corrected chi connectivity index (χ0v) is 15.6. The zero-order valence-electron chi connectivity index (χ0n) is 14.8. The molecule has 140 valence electrons. The van der Waals surface area contributed by atoms with E-state index in [1.165, 1.54) is 0 Å². The average molecular weight is 370 g/mol. The summed E-state index contributed by atoms with van der Waals surface area (Å²) in [6.45, 7) is 6.07. The maximum Gasteiger partial charge on any atom is 0.257 e. The topological polar surface area (TPSA) is 95.7 Å². The third-order valence-corrected chi connectivity index (χ3v) is 6.77. The number of hydrogen-bond donors (Lipinski definition) is 1. The van der Waals surface area contributed by atoms with Crippen molar-refractivity contribution in [3.8, 4) is 0 Å². The third-order valence-electron chi connectivity index (χ3n) is 5.07. The number of fused-ring (bicyclic) bond motifs is 1. The van der Waals surface area contributed by atoms with E-state index in [1.54, 1.807) is 15.8 Å². The summed E-state index contributed by atoms with van der Waals surface area (Å²) in [5, 5.41) is 13.6. The number of aliphatic hydroxyl groups excluding tert-OH is 1. The molecule has 0 bridgehead atoms. The van der Waals surface area contributed by atoms with Gasteiger partial charge in [-0.05, 0) is 13.3 Å². The molecule has 0 spiro atoms. The normalized spacial score (nSPS) is 26.0. The highest BCUT2D eigenvalue weighted by atomic mass is 32.2. The molecule has 8 nitrogen and oxygen atoms in total. The van der Waals surface area contributed by atoms with Gasteiger partial charge in [0.25, 0.3) is 5.91 Å². The first-order valence-electron chi connectivity index (χ1n) is 8.76. The molecule has 2 atom stereocenters. The van der Waals surface area contributed by atoms with Gasteiger partial charge < -0.3 is 10.0 Å². The van der Waals surface area contributed by atoms with E-state index >= 15 is 0 Å². The summed E-state index contributed by atoms with van der Waals surface area (Å²) in [6.07, 6.45) is 2.69. The Morgan fingerprint density at radius 1 is 1.28 bits per heavy atom. The van der Waals surface area contributed by atoms with Gasteiger partial charge in [-0.25, -0.2) is 8.42 Å². The third kappa shape index (κ3) is 3.58. The van der Waals surface area contributed by atoms with Crippen molar-refractivity contribution in [3.63, 3.8) is 0 Å². The van der Waals surface area contributed by atoms with Gasteiger partial charge in [-0.2, -0.15) is 5.10 Å². The highest BCUT2D eigenvalue weighted by molar-refractivity contribution is 7.91. The largest absolute Gasteiger partial charge is 0.395 e. The second-order valence-corrected chi connectivity index (χ2v) is 9.01. The van der Waals surface area contributed by atoms with Gasteiger partial charge in [0.15, 0.2) is 9.84 Å². The number of aryl methyl sites for hydroxylation is 2. The van der Waals surface area contributed by atoms with Gasteiger partial charge in [0.2, 0.25) is 0 Å². The lowest BCUT2D eigenvalue weighted by atomic mass is 10.0. The van der Waals surface area contributed by atoms with Crippen molar-refractivity contribution in [2.75, 3.05) is 37.7 Å². The predicted molar refractivity (Wildman–Crippen MR) is 93.2 cm³/mol. The van der Waals surface area contributed by atoms with Crippen molar-refractivity contribution in [2.24, 2.45) is 0 Å². The van der Waals surface area contributed by atoms with Crippen LogP contribution in [0, 0.1) is 6.92 Å². The highest BCUT2D eigenvalue weighted by Crippen LogP contribution is 2.28. The number of carbonyl (C=O) groups excluding carboxylic acids is 1. The first-order valence-corrected chi connectivity index (χ1v) is 10.6. The summed E-state index contributed by atoms with van der Waals surface area (Å²) in [5.41, 5.74) is 1.22. The van der Waals surface area contributed by atoms with E-state index in [0.717, 1.165) is 13.0 Å². The van der Waals surface area contributed by atoms with Crippen LogP contribution in [0.2, 0.25) is 0 Å². The second kappa shape index (κ2) is 7.05. The van der Waals surface area contributed by atoms with Crippen molar-refractivity contribution in [1.29, 1.82) is 0 Å². The van der Waals surface area contributed by atoms with Gasteiger partial charge in [-0.15, -0.1) is 0 Å². The van der Waals surface area contributed by atoms with Crippen LogP contribution >= 0.6 is 0 Å². The molecule has 0 unspecified atom stereocenters. The molecule has 0 radical (unpaired) electrons. The summed E-state index contributed by atoms with van der Waals surface area (Å²) in [5.74, 6) is -0.0983. The minimum absolute atomic E-state index is 0.00647. The van der Waals surface area contributed by atoms with Crippen LogP contribution in [0.15, 0.2) is 6.20 Å². The number of β-amino-alcohol motifs (C(OH)–C–C–N with tert-alkyl or cyclic N) is 1. The predicted octanol–water partition coefficient (Wildman–Crippen LogP) is -0.483. The molecule has 3 heterocycles. The van der Waals surface area contributed by atoms with Crippen molar-refractivity contribution in [3.05, 3.63) is 17.5 Å². The molecule has 2 aliphatic heterocycles. The van der Waals surface area contributed by atoms with Gasteiger partial charge in [0.05, 0.1) is 35.4 Å². The zero-order chi connectivity index (χ0) is 18.2. The Morgan fingerprint density at radius 3 is 2.68 bits per heavy atom. The van der Waals surface area contributed by atoms with Crippen molar-refractivity contribution >= 4 is 15.7 Å². The van der Waals surface area contributed by atoms with E-state index in [0.29, 0.717) is 30.9 Å². The number of piperazine rings is 1. The number of aromatic nitrogens is 2. The molecule has 0 aliphatic carbocycles. The number of sulfone groups is 1. The van der Waals surface area contributed by atoms with Crippen molar-refractivity contribution in [2.45, 2.75) is 38.9 Å². The summed E-state index contributed by atoms with van der Waals surface area (Å²) in [6, 6.07) is -0.590. The van der Waals surface area contributed by atoms with E-state index in [2.05, 4.69) is 5.10 Å². The maximum atomic E-state index is 13.1. The Bertz CT molecular complexity index is 745. The van der Waals surface area contributed by atoms with E-state index in [-0.39, 0.29) is 36.1 Å². The fraction of sp³-hybridized carbons (Fsp3) is 0.750.